The van der Waals surface area contributed by atoms with E-state index in [-0.39, 0.29) is 10.8 Å². The van der Waals surface area contributed by atoms with Crippen LogP contribution in [0.2, 0.25) is 5.02 Å². The summed E-state index contributed by atoms with van der Waals surface area (Å²) in [5.74, 6) is 0.292. The van der Waals surface area contributed by atoms with Gasteiger partial charge in [0, 0.05) is 29.5 Å². The Labute approximate surface area is 205 Å². The van der Waals surface area contributed by atoms with Crippen LogP contribution in [0.15, 0.2) is 66.9 Å². The number of phenols is 1. The lowest BCUT2D eigenvalue weighted by Crippen LogP contribution is -2.21. The van der Waals surface area contributed by atoms with Gasteiger partial charge in [-0.1, -0.05) is 29.8 Å². The molecule has 6 heteroatoms. The number of anilines is 2. The van der Waals surface area contributed by atoms with E-state index in [9.17, 15) is 5.11 Å². The number of fused-ring (bicyclic) bond motifs is 1. The minimum atomic E-state index is -0.0534. The second-order valence-corrected chi connectivity index (χ2v) is 9.13. The molecule has 1 aromatic heterocycles. The number of halogens is 1. The molecule has 5 rings (SSSR count). The fourth-order valence-electron chi connectivity index (χ4n) is 4.58. The van der Waals surface area contributed by atoms with Gasteiger partial charge in [-0.15, -0.1) is 0 Å². The van der Waals surface area contributed by atoms with Gasteiger partial charge in [0.1, 0.15) is 0 Å². The highest BCUT2D eigenvalue weighted by Gasteiger charge is 2.13. The van der Waals surface area contributed by atoms with E-state index in [2.05, 4.69) is 45.5 Å². The first-order chi connectivity index (χ1) is 16.6. The van der Waals surface area contributed by atoms with Crippen LogP contribution in [0, 0.1) is 0 Å². The highest BCUT2D eigenvalue weighted by molar-refractivity contribution is 6.32. The van der Waals surface area contributed by atoms with Crippen LogP contribution in [0.4, 0.5) is 11.4 Å². The Morgan fingerprint density at radius 2 is 1.88 bits per heavy atom. The summed E-state index contributed by atoms with van der Waals surface area (Å²) in [5, 5.41) is 14.9. The summed E-state index contributed by atoms with van der Waals surface area (Å²) in [5.41, 5.74) is 6.10. The van der Waals surface area contributed by atoms with Crippen LogP contribution in [0.1, 0.15) is 18.4 Å². The number of nitrogens with zero attached hydrogens (tertiary/aromatic N) is 2. The van der Waals surface area contributed by atoms with Gasteiger partial charge in [-0.25, -0.2) is 0 Å². The van der Waals surface area contributed by atoms with Crippen molar-refractivity contribution in [2.24, 2.45) is 0 Å². The molecule has 0 radical (unpaired) electrons. The Morgan fingerprint density at radius 3 is 2.71 bits per heavy atom. The number of aromatic hydroxyl groups is 1. The molecule has 2 N–H and O–H groups in total. The standard InChI is InChI=1S/C28H28ClN3O2/c1-34-27-18-21(17-24(29)28(27)33)20-7-8-25-23(16-20)26(9-11-30-25)31-22-6-4-5-19(15-22)10-14-32-12-2-3-13-32/h4-9,11,15-18,33H,2-3,10,12-14H2,1H3,(H,30,31). The number of rotatable bonds is 7. The van der Waals surface area contributed by atoms with Crippen LogP contribution < -0.4 is 10.1 Å². The molecule has 1 saturated heterocycles. The van der Waals surface area contributed by atoms with Crippen molar-refractivity contribution in [3.8, 4) is 22.6 Å². The summed E-state index contributed by atoms with van der Waals surface area (Å²) in [6.07, 6.45) is 5.52. The quantitative estimate of drug-likeness (QED) is 0.314. The van der Waals surface area contributed by atoms with Gasteiger partial charge in [-0.3, -0.25) is 4.98 Å². The molecule has 0 aliphatic carbocycles. The number of pyridine rings is 1. The third-order valence-corrected chi connectivity index (χ3v) is 6.73. The van der Waals surface area contributed by atoms with Crippen LogP contribution in [-0.4, -0.2) is 41.7 Å². The van der Waals surface area contributed by atoms with Gasteiger partial charge < -0.3 is 20.1 Å². The highest BCUT2D eigenvalue weighted by atomic mass is 35.5. The highest BCUT2D eigenvalue weighted by Crippen LogP contribution is 2.39. The van der Waals surface area contributed by atoms with E-state index in [0.29, 0.717) is 5.75 Å². The molecule has 0 unspecified atom stereocenters. The van der Waals surface area contributed by atoms with Crippen molar-refractivity contribution < 1.29 is 9.84 Å². The number of benzene rings is 3. The van der Waals surface area contributed by atoms with Gasteiger partial charge in [0.25, 0.3) is 0 Å². The molecule has 5 nitrogen and oxygen atoms in total. The number of aromatic nitrogens is 1. The first-order valence-electron chi connectivity index (χ1n) is 11.6. The van der Waals surface area contributed by atoms with Crippen molar-refractivity contribution in [2.45, 2.75) is 19.3 Å². The third-order valence-electron chi connectivity index (χ3n) is 6.44. The number of phenolic OH excluding ortho intramolecular Hbond substituents is 1. The molecule has 3 aromatic carbocycles. The molecule has 0 bridgehead atoms. The summed E-state index contributed by atoms with van der Waals surface area (Å²) in [6, 6.07) is 20.3. The smallest absolute Gasteiger partial charge is 0.176 e. The van der Waals surface area contributed by atoms with Crippen molar-refractivity contribution in [3.63, 3.8) is 0 Å². The van der Waals surface area contributed by atoms with Gasteiger partial charge in [-0.05, 0) is 91.5 Å². The largest absolute Gasteiger partial charge is 0.503 e. The first-order valence-corrected chi connectivity index (χ1v) is 12.0. The Bertz CT molecular complexity index is 1320. The van der Waals surface area contributed by atoms with Crippen LogP contribution >= 0.6 is 11.6 Å². The van der Waals surface area contributed by atoms with Crippen molar-refractivity contribution in [3.05, 3.63) is 77.4 Å². The average molecular weight is 474 g/mol. The lowest BCUT2D eigenvalue weighted by Gasteiger charge is -2.15. The molecule has 2 heterocycles. The van der Waals surface area contributed by atoms with Crippen molar-refractivity contribution in [1.29, 1.82) is 0 Å². The number of hydrogen-bond acceptors (Lipinski definition) is 5. The minimum absolute atomic E-state index is 0.0534. The molecular weight excluding hydrogens is 446 g/mol. The van der Waals surface area contributed by atoms with Crippen LogP contribution in [-0.2, 0) is 6.42 Å². The summed E-state index contributed by atoms with van der Waals surface area (Å²) in [4.78, 5) is 7.08. The van der Waals surface area contributed by atoms with E-state index in [1.807, 2.05) is 24.4 Å². The summed E-state index contributed by atoms with van der Waals surface area (Å²) in [7, 11) is 1.51. The molecule has 1 aliphatic heterocycles. The van der Waals surface area contributed by atoms with E-state index in [1.165, 1.54) is 38.6 Å². The minimum Gasteiger partial charge on any atom is -0.503 e. The van der Waals surface area contributed by atoms with E-state index < -0.39 is 0 Å². The molecular formula is C28H28ClN3O2. The van der Waals surface area contributed by atoms with Crippen LogP contribution in [0.25, 0.3) is 22.0 Å². The Kier molecular flexibility index (Phi) is 6.57. The normalized spacial score (nSPS) is 13.9. The number of methoxy groups -OCH3 is 1. The Hall–Kier alpha value is -3.28. The molecule has 1 aliphatic rings. The lowest BCUT2D eigenvalue weighted by atomic mass is 10.0. The molecule has 1 fully saturated rings. The van der Waals surface area contributed by atoms with E-state index in [1.54, 1.807) is 12.1 Å². The van der Waals surface area contributed by atoms with Gasteiger partial charge in [0.15, 0.2) is 11.5 Å². The zero-order valence-corrected chi connectivity index (χ0v) is 20.0. The average Bonchev–Trinajstić information content (AvgIpc) is 3.38. The SMILES string of the molecule is COc1cc(-c2ccc3nccc(Nc4cccc(CCN5CCCC5)c4)c3c2)cc(Cl)c1O. The van der Waals surface area contributed by atoms with Crippen molar-refractivity contribution in [1.82, 2.24) is 9.88 Å². The first kappa shape index (κ1) is 22.5. The Balaban J connectivity index is 1.43. The van der Waals surface area contributed by atoms with Gasteiger partial charge in [-0.2, -0.15) is 0 Å². The van der Waals surface area contributed by atoms with E-state index in [4.69, 9.17) is 16.3 Å². The molecule has 0 atom stereocenters. The summed E-state index contributed by atoms with van der Waals surface area (Å²) in [6.45, 7) is 3.56. The predicted molar refractivity (Wildman–Crippen MR) is 140 cm³/mol. The summed E-state index contributed by atoms with van der Waals surface area (Å²) < 4.78 is 5.28. The summed E-state index contributed by atoms with van der Waals surface area (Å²) >= 11 is 6.23. The van der Waals surface area contributed by atoms with Gasteiger partial charge >= 0.3 is 0 Å². The third kappa shape index (κ3) is 4.81. The number of nitrogens with one attached hydrogen (secondary N) is 1. The fraction of sp³-hybridized carbons (Fsp3) is 0.250. The molecule has 0 saturated carbocycles. The number of hydrogen-bond donors (Lipinski definition) is 2. The van der Waals surface area contributed by atoms with Gasteiger partial charge in [0.2, 0.25) is 0 Å². The second kappa shape index (κ2) is 9.92. The number of likely N-dealkylation sites (tertiary alicyclic amines) is 1. The maximum Gasteiger partial charge on any atom is 0.176 e. The van der Waals surface area contributed by atoms with Crippen LogP contribution in [0.5, 0.6) is 11.5 Å². The topological polar surface area (TPSA) is 57.6 Å². The zero-order valence-electron chi connectivity index (χ0n) is 19.2. The van der Waals surface area contributed by atoms with E-state index >= 15 is 0 Å². The van der Waals surface area contributed by atoms with Crippen LogP contribution in [0.3, 0.4) is 0 Å². The maximum absolute atomic E-state index is 10.1. The second-order valence-electron chi connectivity index (χ2n) is 8.72. The maximum atomic E-state index is 10.1. The Morgan fingerprint density at radius 1 is 1.03 bits per heavy atom. The van der Waals surface area contributed by atoms with Crippen molar-refractivity contribution in [2.75, 3.05) is 32.1 Å². The van der Waals surface area contributed by atoms with Crippen molar-refractivity contribution >= 4 is 33.9 Å². The molecule has 4 aromatic rings. The molecule has 0 amide bonds. The molecule has 0 spiro atoms. The van der Waals surface area contributed by atoms with Gasteiger partial charge in [0.05, 0.1) is 17.6 Å². The number of ether oxygens (including phenoxy) is 1. The van der Waals surface area contributed by atoms with E-state index in [0.717, 1.165) is 46.4 Å². The zero-order chi connectivity index (χ0) is 23.5. The lowest BCUT2D eigenvalue weighted by molar-refractivity contribution is 0.343. The molecule has 174 valence electrons. The predicted octanol–water partition coefficient (Wildman–Crippen LogP) is 6.65. The monoisotopic (exact) mass is 473 g/mol. The molecule has 34 heavy (non-hydrogen) atoms. The fourth-order valence-corrected chi connectivity index (χ4v) is 4.80.